The van der Waals surface area contributed by atoms with Crippen LogP contribution in [0.3, 0.4) is 0 Å². The number of fused-ring (bicyclic) bond motifs is 1. The lowest BCUT2D eigenvalue weighted by molar-refractivity contribution is 0.117. The Hall–Kier alpha value is -0.380. The van der Waals surface area contributed by atoms with Crippen LogP contribution in [0.2, 0.25) is 0 Å². The van der Waals surface area contributed by atoms with Gasteiger partial charge in [-0.25, -0.2) is 0 Å². The molecule has 17 heavy (non-hydrogen) atoms. The Balaban J connectivity index is 1.73. The van der Waals surface area contributed by atoms with Gasteiger partial charge < -0.3 is 5.32 Å². The maximum absolute atomic E-state index is 3.56. The van der Waals surface area contributed by atoms with Crippen molar-refractivity contribution in [2.24, 2.45) is 5.92 Å². The number of aryl methyl sites for hydroxylation is 2. The summed E-state index contributed by atoms with van der Waals surface area (Å²) in [5.74, 6) is 0.906. The van der Waals surface area contributed by atoms with E-state index in [4.69, 9.17) is 0 Å². The summed E-state index contributed by atoms with van der Waals surface area (Å²) < 4.78 is 0. The number of thiophene rings is 1. The van der Waals surface area contributed by atoms with Crippen molar-refractivity contribution in [3.8, 4) is 0 Å². The molecule has 94 valence electrons. The van der Waals surface area contributed by atoms with Gasteiger partial charge in [0.15, 0.2) is 0 Å². The zero-order valence-corrected chi connectivity index (χ0v) is 11.6. The van der Waals surface area contributed by atoms with Gasteiger partial charge in [0.25, 0.3) is 0 Å². The largest absolute Gasteiger partial charge is 0.315 e. The van der Waals surface area contributed by atoms with E-state index in [9.17, 15) is 0 Å². The first-order valence-corrected chi connectivity index (χ1v) is 7.56. The van der Waals surface area contributed by atoms with E-state index in [1.54, 1.807) is 5.56 Å². The fourth-order valence-electron chi connectivity index (χ4n) is 3.42. The average Bonchev–Trinajstić information content (AvgIpc) is 2.87. The molecule has 3 heteroatoms. The van der Waals surface area contributed by atoms with Crippen LogP contribution in [0.1, 0.15) is 28.2 Å². The highest BCUT2D eigenvalue weighted by Gasteiger charge is 2.34. The van der Waals surface area contributed by atoms with Crippen LogP contribution in [-0.2, 0) is 6.54 Å². The fraction of sp³-hybridized carbons (Fsp3) is 0.714. The Kier molecular flexibility index (Phi) is 3.24. The third kappa shape index (κ3) is 2.28. The van der Waals surface area contributed by atoms with Gasteiger partial charge in [-0.3, -0.25) is 4.90 Å². The number of piperidine rings is 1. The van der Waals surface area contributed by atoms with Crippen molar-refractivity contribution in [2.75, 3.05) is 19.6 Å². The summed E-state index contributed by atoms with van der Waals surface area (Å²) in [5.41, 5.74) is 1.56. The van der Waals surface area contributed by atoms with E-state index >= 15 is 0 Å². The Morgan fingerprint density at radius 1 is 1.41 bits per heavy atom. The van der Waals surface area contributed by atoms with Gasteiger partial charge in [0.1, 0.15) is 0 Å². The molecule has 0 amide bonds. The molecule has 2 nitrogen and oxygen atoms in total. The third-order valence-corrected chi connectivity index (χ3v) is 5.32. The summed E-state index contributed by atoms with van der Waals surface area (Å²) in [6.07, 6.45) is 2.81. The van der Waals surface area contributed by atoms with E-state index in [1.807, 2.05) is 11.3 Å². The van der Waals surface area contributed by atoms with E-state index in [0.29, 0.717) is 0 Å². The maximum atomic E-state index is 3.56. The van der Waals surface area contributed by atoms with Crippen molar-refractivity contribution in [1.29, 1.82) is 0 Å². The van der Waals surface area contributed by atoms with Crippen LogP contribution in [0.4, 0.5) is 0 Å². The smallest absolute Gasteiger partial charge is 0.0264 e. The van der Waals surface area contributed by atoms with Gasteiger partial charge in [-0.1, -0.05) is 0 Å². The van der Waals surface area contributed by atoms with Crippen molar-refractivity contribution in [3.05, 3.63) is 21.4 Å². The first kappa shape index (κ1) is 11.7. The number of nitrogens with zero attached hydrogens (tertiary/aromatic N) is 1. The standard InChI is InChI=1S/C14H22N2S/c1-10-6-13(11(2)17-10)9-16-5-3-4-12-7-15-8-14(12)16/h6,12,14-15H,3-5,7-9H2,1-2H3. The predicted molar refractivity (Wildman–Crippen MR) is 73.6 cm³/mol. The molecule has 0 spiro atoms. The Morgan fingerprint density at radius 2 is 2.29 bits per heavy atom. The Morgan fingerprint density at radius 3 is 3.06 bits per heavy atom. The SMILES string of the molecule is Cc1cc(CN2CCCC3CNCC32)c(C)s1. The molecule has 1 aromatic heterocycles. The van der Waals surface area contributed by atoms with Crippen molar-refractivity contribution < 1.29 is 0 Å². The second-order valence-corrected chi connectivity index (χ2v) is 7.00. The van der Waals surface area contributed by atoms with Crippen LogP contribution >= 0.6 is 11.3 Å². The Bertz CT molecular complexity index is 399. The number of likely N-dealkylation sites (tertiary alicyclic amines) is 1. The summed E-state index contributed by atoms with van der Waals surface area (Å²) in [6.45, 7) is 9.38. The lowest BCUT2D eigenvalue weighted by atomic mass is 9.92. The molecule has 3 heterocycles. The van der Waals surface area contributed by atoms with Crippen LogP contribution in [0.5, 0.6) is 0 Å². The summed E-state index contributed by atoms with van der Waals surface area (Å²) in [6, 6.07) is 3.18. The number of hydrogen-bond acceptors (Lipinski definition) is 3. The van der Waals surface area contributed by atoms with Crippen molar-refractivity contribution in [2.45, 2.75) is 39.3 Å². The van der Waals surface area contributed by atoms with Crippen molar-refractivity contribution in [3.63, 3.8) is 0 Å². The molecule has 2 fully saturated rings. The molecule has 2 aliphatic rings. The second-order valence-electron chi connectivity index (χ2n) is 5.54. The summed E-state index contributed by atoms with van der Waals surface area (Å²) in [5, 5.41) is 3.56. The minimum atomic E-state index is 0.795. The molecule has 0 aliphatic carbocycles. The number of nitrogens with one attached hydrogen (secondary N) is 1. The second kappa shape index (κ2) is 4.71. The molecule has 3 rings (SSSR count). The molecule has 2 unspecified atom stereocenters. The topological polar surface area (TPSA) is 15.3 Å². The van der Waals surface area contributed by atoms with E-state index in [-0.39, 0.29) is 0 Å². The van der Waals surface area contributed by atoms with Gasteiger partial charge in [-0.05, 0) is 57.3 Å². The molecular weight excluding hydrogens is 228 g/mol. The average molecular weight is 250 g/mol. The minimum Gasteiger partial charge on any atom is -0.315 e. The third-order valence-electron chi connectivity index (χ3n) is 4.31. The first-order valence-electron chi connectivity index (χ1n) is 6.74. The molecule has 0 radical (unpaired) electrons. The summed E-state index contributed by atoms with van der Waals surface area (Å²) in [4.78, 5) is 5.68. The highest BCUT2D eigenvalue weighted by molar-refractivity contribution is 7.12. The highest BCUT2D eigenvalue weighted by atomic mass is 32.1. The molecule has 0 saturated carbocycles. The van der Waals surface area contributed by atoms with Crippen LogP contribution in [-0.4, -0.2) is 30.6 Å². The molecule has 1 aromatic rings. The summed E-state index contributed by atoms with van der Waals surface area (Å²) >= 11 is 1.94. The lowest BCUT2D eigenvalue weighted by Crippen LogP contribution is -2.44. The van der Waals surface area contributed by atoms with E-state index < -0.39 is 0 Å². The quantitative estimate of drug-likeness (QED) is 0.868. The van der Waals surface area contributed by atoms with Gasteiger partial charge in [0.05, 0.1) is 0 Å². The van der Waals surface area contributed by atoms with Crippen LogP contribution in [0.25, 0.3) is 0 Å². The van der Waals surface area contributed by atoms with Crippen LogP contribution < -0.4 is 5.32 Å². The van der Waals surface area contributed by atoms with Gasteiger partial charge in [0, 0.05) is 28.9 Å². The van der Waals surface area contributed by atoms with Gasteiger partial charge >= 0.3 is 0 Å². The first-order chi connectivity index (χ1) is 8.24. The van der Waals surface area contributed by atoms with Crippen LogP contribution in [0.15, 0.2) is 6.07 Å². The van der Waals surface area contributed by atoms with Gasteiger partial charge in [-0.2, -0.15) is 0 Å². The zero-order chi connectivity index (χ0) is 11.8. The molecule has 0 aromatic carbocycles. The summed E-state index contributed by atoms with van der Waals surface area (Å²) in [7, 11) is 0. The van der Waals surface area contributed by atoms with Crippen molar-refractivity contribution in [1.82, 2.24) is 10.2 Å². The minimum absolute atomic E-state index is 0.795. The van der Waals surface area contributed by atoms with Crippen molar-refractivity contribution >= 4 is 11.3 Å². The van der Waals surface area contributed by atoms with Gasteiger partial charge in [-0.15, -0.1) is 11.3 Å². The normalized spacial score (nSPS) is 29.5. The maximum Gasteiger partial charge on any atom is 0.0264 e. The molecular formula is C14H22N2S. The number of hydrogen-bond donors (Lipinski definition) is 1. The molecule has 0 bridgehead atoms. The molecule has 2 atom stereocenters. The number of rotatable bonds is 2. The van der Waals surface area contributed by atoms with Gasteiger partial charge in [0.2, 0.25) is 0 Å². The van der Waals surface area contributed by atoms with Crippen LogP contribution in [0, 0.1) is 19.8 Å². The fourth-order valence-corrected chi connectivity index (χ4v) is 4.36. The monoisotopic (exact) mass is 250 g/mol. The molecule has 1 N–H and O–H groups in total. The Labute approximate surface area is 108 Å². The van der Waals surface area contributed by atoms with E-state index in [1.165, 1.54) is 48.8 Å². The zero-order valence-electron chi connectivity index (χ0n) is 10.8. The highest BCUT2D eigenvalue weighted by Crippen LogP contribution is 2.29. The molecule has 2 saturated heterocycles. The molecule has 2 aliphatic heterocycles. The van der Waals surface area contributed by atoms with E-state index in [0.717, 1.165) is 12.0 Å². The predicted octanol–water partition coefficient (Wildman–Crippen LogP) is 2.55. The lowest BCUT2D eigenvalue weighted by Gasteiger charge is -2.37. The van der Waals surface area contributed by atoms with E-state index in [2.05, 4.69) is 30.1 Å².